The zero-order chi connectivity index (χ0) is 10.5. The summed E-state index contributed by atoms with van der Waals surface area (Å²) in [6.45, 7) is 0.0387. The van der Waals surface area contributed by atoms with Crippen molar-refractivity contribution in [2.75, 3.05) is 13.3 Å². The molecule has 0 heterocycles. The van der Waals surface area contributed by atoms with Gasteiger partial charge in [0.15, 0.2) is 0 Å². The van der Waals surface area contributed by atoms with Crippen molar-refractivity contribution in [1.29, 1.82) is 0 Å². The molecule has 0 aromatic rings. The monoisotopic (exact) mass is 200 g/mol. The van der Waals surface area contributed by atoms with E-state index >= 15 is 0 Å². The highest BCUT2D eigenvalue weighted by molar-refractivity contribution is 4.92. The van der Waals surface area contributed by atoms with Gasteiger partial charge < -0.3 is 5.11 Å². The van der Waals surface area contributed by atoms with E-state index in [1.54, 1.807) is 0 Å². The molecule has 0 amide bonds. The first-order valence-corrected chi connectivity index (χ1v) is 5.38. The van der Waals surface area contributed by atoms with Crippen LogP contribution in [0.2, 0.25) is 0 Å². The van der Waals surface area contributed by atoms with Crippen LogP contribution in [-0.2, 0) is 0 Å². The summed E-state index contributed by atoms with van der Waals surface area (Å²) in [6.07, 6.45) is 13.8. The van der Waals surface area contributed by atoms with E-state index in [0.717, 1.165) is 32.1 Å². The molecule has 1 N–H and O–H groups in total. The summed E-state index contributed by atoms with van der Waals surface area (Å²) in [6, 6.07) is 0. The lowest BCUT2D eigenvalue weighted by Gasteiger charge is -1.92. The second kappa shape index (κ2) is 12.4. The first-order chi connectivity index (χ1) is 6.91. The van der Waals surface area contributed by atoms with Crippen LogP contribution in [0.5, 0.6) is 0 Å². The summed E-state index contributed by atoms with van der Waals surface area (Å²) in [5.41, 5.74) is 0. The highest BCUT2D eigenvalue weighted by Crippen LogP contribution is 2.01. The van der Waals surface area contributed by atoms with Gasteiger partial charge in [0.1, 0.15) is 0 Å². The fourth-order valence-corrected chi connectivity index (χ4v) is 1.11. The lowest BCUT2D eigenvalue weighted by Crippen LogP contribution is -1.77. The smallest absolute Gasteiger partial charge is 0.0894 e. The first kappa shape index (κ1) is 13.4. The van der Waals surface area contributed by atoms with Crippen LogP contribution in [0.1, 0.15) is 38.5 Å². The second-order valence-corrected chi connectivity index (χ2v) is 3.23. The van der Waals surface area contributed by atoms with Crippen molar-refractivity contribution in [2.24, 2.45) is 0 Å². The van der Waals surface area contributed by atoms with Crippen LogP contribution >= 0.6 is 0 Å². The van der Waals surface area contributed by atoms with E-state index in [9.17, 15) is 4.39 Å². The Kier molecular flexibility index (Phi) is 11.8. The number of hydrogen-bond acceptors (Lipinski definition) is 1. The molecule has 0 rings (SSSR count). The van der Waals surface area contributed by atoms with E-state index in [2.05, 4.69) is 12.2 Å². The Hall–Kier alpha value is -0.630. The topological polar surface area (TPSA) is 20.2 Å². The molecule has 0 bridgehead atoms. The number of rotatable bonds is 9. The van der Waals surface area contributed by atoms with Gasteiger partial charge in [-0.05, 0) is 32.1 Å². The molecule has 1 nitrogen and oxygen atoms in total. The third-order valence-corrected chi connectivity index (χ3v) is 1.91. The third kappa shape index (κ3) is 11.4. The average Bonchev–Trinajstić information content (AvgIpc) is 2.21. The largest absolute Gasteiger partial charge is 0.396 e. The number of allylic oxidation sites excluding steroid dienone is 3. The highest BCUT2D eigenvalue weighted by Gasteiger charge is 1.84. The molecule has 0 saturated heterocycles. The van der Waals surface area contributed by atoms with Crippen molar-refractivity contribution in [3.63, 3.8) is 0 Å². The fraction of sp³-hybridized carbons (Fsp3) is 0.667. The molecule has 14 heavy (non-hydrogen) atoms. The summed E-state index contributed by atoms with van der Waals surface area (Å²) < 4.78 is 11.7. The van der Waals surface area contributed by atoms with E-state index in [-0.39, 0.29) is 13.3 Å². The van der Waals surface area contributed by atoms with Crippen LogP contribution in [-0.4, -0.2) is 18.4 Å². The molecule has 0 radical (unpaired) electrons. The van der Waals surface area contributed by atoms with Crippen molar-refractivity contribution in [2.45, 2.75) is 38.5 Å². The number of unbranched alkanes of at least 4 members (excludes halogenated alkanes) is 3. The van der Waals surface area contributed by atoms with Crippen LogP contribution in [0.25, 0.3) is 0 Å². The molecular weight excluding hydrogens is 179 g/mol. The van der Waals surface area contributed by atoms with Gasteiger partial charge in [-0.25, -0.2) is 0 Å². The normalized spacial score (nSPS) is 11.9. The predicted molar refractivity (Wildman–Crippen MR) is 59.0 cm³/mol. The number of aliphatic hydroxyl groups is 1. The Bertz CT molecular complexity index is 152. The Balaban J connectivity index is 3.11. The van der Waals surface area contributed by atoms with Crippen molar-refractivity contribution < 1.29 is 9.50 Å². The Morgan fingerprint density at radius 2 is 1.57 bits per heavy atom. The van der Waals surface area contributed by atoms with E-state index in [4.69, 9.17) is 5.11 Å². The van der Waals surface area contributed by atoms with Gasteiger partial charge in [0, 0.05) is 6.61 Å². The maximum absolute atomic E-state index is 11.7. The minimum atomic E-state index is -0.187. The molecule has 0 aliphatic rings. The molecular formula is C12H21FO. The molecule has 0 fully saturated rings. The van der Waals surface area contributed by atoms with Crippen molar-refractivity contribution in [3.05, 3.63) is 24.3 Å². The molecule has 0 saturated carbocycles. The molecule has 0 aromatic heterocycles. The van der Waals surface area contributed by atoms with Crippen LogP contribution in [0, 0.1) is 0 Å². The summed E-state index contributed by atoms with van der Waals surface area (Å²) in [4.78, 5) is 0. The number of alkyl halides is 1. The quantitative estimate of drug-likeness (QED) is 0.447. The van der Waals surface area contributed by atoms with Gasteiger partial charge in [-0.15, -0.1) is 0 Å². The van der Waals surface area contributed by atoms with Crippen LogP contribution in [0.3, 0.4) is 0 Å². The van der Waals surface area contributed by atoms with E-state index in [1.165, 1.54) is 0 Å². The molecule has 0 atom stereocenters. The van der Waals surface area contributed by atoms with Gasteiger partial charge in [0.2, 0.25) is 0 Å². The van der Waals surface area contributed by atoms with Gasteiger partial charge in [0.05, 0.1) is 6.67 Å². The molecule has 0 aliphatic heterocycles. The second-order valence-electron chi connectivity index (χ2n) is 3.23. The van der Waals surface area contributed by atoms with Gasteiger partial charge in [-0.1, -0.05) is 30.7 Å². The molecule has 0 spiro atoms. The molecule has 82 valence electrons. The standard InChI is InChI=1S/C12H21FO/c13-11-9-7-5-3-1-2-4-6-8-10-12-14/h1-2,6,8,14H,3-5,7,9-12H2. The number of aliphatic hydroxyl groups excluding tert-OH is 1. The lowest BCUT2D eigenvalue weighted by molar-refractivity contribution is 0.302. The van der Waals surface area contributed by atoms with Crippen molar-refractivity contribution >= 4 is 0 Å². The summed E-state index contributed by atoms with van der Waals surface area (Å²) >= 11 is 0. The Morgan fingerprint density at radius 3 is 2.21 bits per heavy atom. The Labute approximate surface area is 86.3 Å². The third-order valence-electron chi connectivity index (χ3n) is 1.91. The average molecular weight is 200 g/mol. The van der Waals surface area contributed by atoms with Crippen LogP contribution in [0.15, 0.2) is 24.3 Å². The summed E-state index contributed by atoms with van der Waals surface area (Å²) in [5, 5.41) is 8.49. The van der Waals surface area contributed by atoms with Gasteiger partial charge in [0.25, 0.3) is 0 Å². The summed E-state index contributed by atoms with van der Waals surface area (Å²) in [5.74, 6) is 0. The predicted octanol–water partition coefficient (Wildman–Crippen LogP) is 3.40. The minimum absolute atomic E-state index is 0.187. The fourth-order valence-electron chi connectivity index (χ4n) is 1.11. The molecule has 2 heteroatoms. The highest BCUT2D eigenvalue weighted by atomic mass is 19.1. The maximum atomic E-state index is 11.7. The first-order valence-electron chi connectivity index (χ1n) is 5.38. The van der Waals surface area contributed by atoms with Crippen molar-refractivity contribution in [3.8, 4) is 0 Å². The molecule has 0 unspecified atom stereocenters. The molecule has 0 aliphatic carbocycles. The number of halogens is 1. The van der Waals surface area contributed by atoms with Gasteiger partial charge in [-0.2, -0.15) is 0 Å². The van der Waals surface area contributed by atoms with Crippen molar-refractivity contribution in [1.82, 2.24) is 0 Å². The van der Waals surface area contributed by atoms with E-state index in [1.807, 2.05) is 12.2 Å². The Morgan fingerprint density at radius 1 is 0.857 bits per heavy atom. The van der Waals surface area contributed by atoms with Gasteiger partial charge in [-0.3, -0.25) is 4.39 Å². The zero-order valence-electron chi connectivity index (χ0n) is 8.79. The van der Waals surface area contributed by atoms with E-state index in [0.29, 0.717) is 6.42 Å². The molecule has 0 aromatic carbocycles. The van der Waals surface area contributed by atoms with E-state index < -0.39 is 0 Å². The minimum Gasteiger partial charge on any atom is -0.396 e. The number of hydrogen-bond donors (Lipinski definition) is 1. The van der Waals surface area contributed by atoms with Gasteiger partial charge >= 0.3 is 0 Å². The lowest BCUT2D eigenvalue weighted by atomic mass is 10.2. The summed E-state index contributed by atoms with van der Waals surface area (Å²) in [7, 11) is 0. The van der Waals surface area contributed by atoms with Crippen LogP contribution < -0.4 is 0 Å². The van der Waals surface area contributed by atoms with Crippen LogP contribution in [0.4, 0.5) is 4.39 Å². The zero-order valence-corrected chi connectivity index (χ0v) is 8.79. The maximum Gasteiger partial charge on any atom is 0.0894 e. The SMILES string of the molecule is OCCC=CCC=CCCCCCF.